The van der Waals surface area contributed by atoms with Crippen LogP contribution in [0.2, 0.25) is 5.02 Å². The van der Waals surface area contributed by atoms with E-state index in [1.807, 2.05) is 49.4 Å². The summed E-state index contributed by atoms with van der Waals surface area (Å²) in [5.41, 5.74) is 4.58. The van der Waals surface area contributed by atoms with Gasteiger partial charge in [0.05, 0.1) is 24.7 Å². The number of dihydropyridines is 1. The lowest BCUT2D eigenvalue weighted by atomic mass is 9.75. The highest BCUT2D eigenvalue weighted by Crippen LogP contribution is 2.47. The maximum atomic E-state index is 12.9. The molecule has 31 heavy (non-hydrogen) atoms. The Morgan fingerprint density at radius 3 is 2.68 bits per heavy atom. The Morgan fingerprint density at radius 2 is 1.97 bits per heavy atom. The predicted octanol–water partition coefficient (Wildman–Crippen LogP) is 5.42. The molecule has 0 amide bonds. The second kappa shape index (κ2) is 8.87. The molecule has 158 valence electrons. The number of hydrogen-bond acceptors (Lipinski definition) is 5. The Kier molecular flexibility index (Phi) is 6.01. The molecule has 1 N–H and O–H groups in total. The summed E-state index contributed by atoms with van der Waals surface area (Å²) in [6, 6.07) is 15.3. The van der Waals surface area contributed by atoms with Crippen molar-refractivity contribution in [1.29, 1.82) is 5.26 Å². The third-order valence-electron chi connectivity index (χ3n) is 5.73. The Labute approximate surface area is 186 Å². The summed E-state index contributed by atoms with van der Waals surface area (Å²) in [4.78, 5) is 12.9. The maximum absolute atomic E-state index is 12.9. The summed E-state index contributed by atoms with van der Waals surface area (Å²) in [6.07, 6.45) is 2.09. The number of ether oxygens (including phenoxy) is 2. The standard InChI is InChI=1S/C25H23ClN2O3/c1-15-19(13-27)23(24-20(28-15)6-4-7-21(24)29)18-5-3-8-22(30-2)25(18)31-14-16-9-11-17(26)12-10-16/h3,5,8-12,23,28H,4,6-7,14H2,1-2H3. The second-order valence-electron chi connectivity index (χ2n) is 7.67. The van der Waals surface area contributed by atoms with E-state index in [0.29, 0.717) is 40.7 Å². The van der Waals surface area contributed by atoms with Crippen LogP contribution in [-0.4, -0.2) is 12.9 Å². The van der Waals surface area contributed by atoms with Crippen molar-refractivity contribution in [3.05, 3.63) is 81.2 Å². The van der Waals surface area contributed by atoms with E-state index in [4.69, 9.17) is 21.1 Å². The molecule has 1 heterocycles. The predicted molar refractivity (Wildman–Crippen MR) is 119 cm³/mol. The lowest BCUT2D eigenvalue weighted by Gasteiger charge is -2.33. The van der Waals surface area contributed by atoms with Gasteiger partial charge >= 0.3 is 0 Å². The number of nitrogens with one attached hydrogen (secondary N) is 1. The van der Waals surface area contributed by atoms with Gasteiger partial charge in [-0.15, -0.1) is 0 Å². The molecule has 0 bridgehead atoms. The zero-order valence-electron chi connectivity index (χ0n) is 17.5. The molecule has 6 heteroatoms. The zero-order chi connectivity index (χ0) is 22.0. The van der Waals surface area contributed by atoms with Crippen LogP contribution in [0.3, 0.4) is 0 Å². The van der Waals surface area contributed by atoms with Crippen LogP contribution in [0.4, 0.5) is 0 Å². The molecule has 2 aromatic carbocycles. The molecule has 0 radical (unpaired) electrons. The fourth-order valence-electron chi connectivity index (χ4n) is 4.25. The van der Waals surface area contributed by atoms with Gasteiger partial charge in [0.2, 0.25) is 0 Å². The number of carbonyl (C=O) groups is 1. The number of carbonyl (C=O) groups excluding carboxylic acids is 1. The van der Waals surface area contributed by atoms with Crippen LogP contribution in [-0.2, 0) is 11.4 Å². The van der Waals surface area contributed by atoms with Crippen LogP contribution >= 0.6 is 11.6 Å². The fourth-order valence-corrected chi connectivity index (χ4v) is 4.38. The van der Waals surface area contributed by atoms with E-state index in [9.17, 15) is 10.1 Å². The van der Waals surface area contributed by atoms with Gasteiger partial charge in [0.25, 0.3) is 0 Å². The van der Waals surface area contributed by atoms with Gasteiger partial charge in [-0.25, -0.2) is 0 Å². The Balaban J connectivity index is 1.81. The number of benzene rings is 2. The van der Waals surface area contributed by atoms with Crippen LogP contribution in [0.5, 0.6) is 11.5 Å². The van der Waals surface area contributed by atoms with E-state index >= 15 is 0 Å². The number of rotatable bonds is 5. The van der Waals surface area contributed by atoms with Gasteiger partial charge in [-0.2, -0.15) is 5.26 Å². The summed E-state index contributed by atoms with van der Waals surface area (Å²) < 4.78 is 11.8. The lowest BCUT2D eigenvalue weighted by Crippen LogP contribution is -2.31. The Hall–Kier alpha value is -3.23. The first-order valence-electron chi connectivity index (χ1n) is 10.2. The van der Waals surface area contributed by atoms with Gasteiger partial charge in [0.1, 0.15) is 6.61 Å². The summed E-state index contributed by atoms with van der Waals surface area (Å²) in [5, 5.41) is 13.9. The number of Topliss-reactive ketones (excluding diaryl/α,β-unsaturated/α-hetero) is 1. The Morgan fingerprint density at radius 1 is 1.19 bits per heavy atom. The molecule has 1 unspecified atom stereocenters. The average molecular weight is 435 g/mol. The molecule has 0 saturated carbocycles. The first-order valence-corrected chi connectivity index (χ1v) is 10.6. The zero-order valence-corrected chi connectivity index (χ0v) is 18.3. The van der Waals surface area contributed by atoms with Crippen LogP contribution in [0.15, 0.2) is 65.0 Å². The molecule has 4 rings (SSSR count). The molecule has 2 aliphatic rings. The molecule has 1 aliphatic carbocycles. The number of para-hydroxylation sites is 1. The smallest absolute Gasteiger partial charge is 0.165 e. The number of nitriles is 1. The van der Waals surface area contributed by atoms with E-state index in [0.717, 1.165) is 35.4 Å². The van der Waals surface area contributed by atoms with Gasteiger partial charge in [-0.1, -0.05) is 35.9 Å². The highest BCUT2D eigenvalue weighted by atomic mass is 35.5. The third kappa shape index (κ3) is 4.04. The van der Waals surface area contributed by atoms with Crippen molar-refractivity contribution < 1.29 is 14.3 Å². The first kappa shape index (κ1) is 21.0. The summed E-state index contributed by atoms with van der Waals surface area (Å²) in [7, 11) is 1.58. The molecule has 5 nitrogen and oxygen atoms in total. The Bertz CT molecular complexity index is 1130. The van der Waals surface area contributed by atoms with E-state index in [-0.39, 0.29) is 5.78 Å². The van der Waals surface area contributed by atoms with Crippen molar-refractivity contribution in [2.75, 3.05) is 7.11 Å². The quantitative estimate of drug-likeness (QED) is 0.680. The second-order valence-corrected chi connectivity index (χ2v) is 8.11. The van der Waals surface area contributed by atoms with Crippen molar-refractivity contribution in [2.24, 2.45) is 0 Å². The molecule has 0 fully saturated rings. The van der Waals surface area contributed by atoms with Crippen LogP contribution in [0.25, 0.3) is 0 Å². The van der Waals surface area contributed by atoms with Crippen molar-refractivity contribution in [3.8, 4) is 17.6 Å². The monoisotopic (exact) mass is 434 g/mol. The molecule has 1 atom stereocenters. The van der Waals surface area contributed by atoms with Gasteiger partial charge in [-0.05, 0) is 43.5 Å². The third-order valence-corrected chi connectivity index (χ3v) is 5.99. The number of ketones is 1. The molecule has 1 aliphatic heterocycles. The van der Waals surface area contributed by atoms with Gasteiger partial charge in [0.15, 0.2) is 17.3 Å². The van der Waals surface area contributed by atoms with Crippen molar-refractivity contribution >= 4 is 17.4 Å². The van der Waals surface area contributed by atoms with Crippen molar-refractivity contribution in [3.63, 3.8) is 0 Å². The number of nitrogens with zero attached hydrogens (tertiary/aromatic N) is 1. The van der Waals surface area contributed by atoms with Gasteiger partial charge < -0.3 is 14.8 Å². The average Bonchev–Trinajstić information content (AvgIpc) is 2.77. The number of hydrogen-bond donors (Lipinski definition) is 1. The minimum atomic E-state index is -0.482. The minimum Gasteiger partial charge on any atom is -0.493 e. The molecule has 0 spiro atoms. The first-order chi connectivity index (χ1) is 15.0. The van der Waals surface area contributed by atoms with E-state index in [1.54, 1.807) is 7.11 Å². The molecular weight excluding hydrogens is 412 g/mol. The SMILES string of the molecule is COc1cccc(C2C(C#N)=C(C)NC3=C2C(=O)CCC3)c1OCc1ccc(Cl)cc1. The summed E-state index contributed by atoms with van der Waals surface area (Å²) >= 11 is 5.99. The van der Waals surface area contributed by atoms with Crippen LogP contribution < -0.4 is 14.8 Å². The van der Waals surface area contributed by atoms with Crippen LogP contribution in [0.1, 0.15) is 43.2 Å². The van der Waals surface area contributed by atoms with Crippen LogP contribution in [0, 0.1) is 11.3 Å². The van der Waals surface area contributed by atoms with Gasteiger partial charge in [0, 0.05) is 34.0 Å². The molecule has 0 saturated heterocycles. The largest absolute Gasteiger partial charge is 0.493 e. The molecule has 2 aromatic rings. The van der Waals surface area contributed by atoms with Crippen molar-refractivity contribution in [2.45, 2.75) is 38.7 Å². The summed E-state index contributed by atoms with van der Waals surface area (Å²) in [5.74, 6) is 0.692. The highest BCUT2D eigenvalue weighted by molar-refractivity contribution is 6.30. The van der Waals surface area contributed by atoms with E-state index in [1.165, 1.54) is 0 Å². The van der Waals surface area contributed by atoms with Gasteiger partial charge in [-0.3, -0.25) is 4.79 Å². The maximum Gasteiger partial charge on any atom is 0.165 e. The van der Waals surface area contributed by atoms with E-state index < -0.39 is 5.92 Å². The number of allylic oxidation sites excluding steroid dienone is 4. The number of methoxy groups -OCH3 is 1. The van der Waals surface area contributed by atoms with E-state index in [2.05, 4.69) is 11.4 Å². The molecular formula is C25H23ClN2O3. The highest BCUT2D eigenvalue weighted by Gasteiger charge is 2.37. The fraction of sp³-hybridized carbons (Fsp3) is 0.280. The molecule has 0 aromatic heterocycles. The summed E-state index contributed by atoms with van der Waals surface area (Å²) in [6.45, 7) is 2.18. The number of halogens is 1. The van der Waals surface area contributed by atoms with Crippen molar-refractivity contribution in [1.82, 2.24) is 5.32 Å². The normalized spacial score (nSPS) is 18.3. The topological polar surface area (TPSA) is 71.3 Å². The minimum absolute atomic E-state index is 0.0745. The lowest BCUT2D eigenvalue weighted by molar-refractivity contribution is -0.116.